The van der Waals surface area contributed by atoms with Crippen molar-refractivity contribution < 1.29 is 9.50 Å². The monoisotopic (exact) mass is 492 g/mol. The molecule has 1 aliphatic rings. The normalized spacial score (nSPS) is 16.6. The number of nitrogens with zero attached hydrogens (tertiary/aromatic N) is 7. The van der Waals surface area contributed by atoms with Gasteiger partial charge in [0.1, 0.15) is 18.2 Å². The first-order chi connectivity index (χ1) is 17.5. The average molecular weight is 493 g/mol. The summed E-state index contributed by atoms with van der Waals surface area (Å²) < 4.78 is 12.5. The summed E-state index contributed by atoms with van der Waals surface area (Å²) in [6, 6.07) is 11.1. The Bertz CT molecular complexity index is 1190. The first kappa shape index (κ1) is 25.3. The molecular formula is C26H33FN8O. The maximum absolute atomic E-state index is 12.5. The molecule has 190 valence electrons. The van der Waals surface area contributed by atoms with Crippen molar-refractivity contribution in [2.45, 2.75) is 19.4 Å². The number of alkyl halides is 1. The summed E-state index contributed by atoms with van der Waals surface area (Å²) in [5, 5.41) is 18.6. The van der Waals surface area contributed by atoms with Gasteiger partial charge in [-0.15, -0.1) is 10.2 Å². The first-order valence-electron chi connectivity index (χ1n) is 12.1. The number of phenolic OH excluding ortho intramolecular Hbond substituents is 1. The predicted octanol–water partition coefficient (Wildman–Crippen LogP) is 3.24. The fourth-order valence-electron chi connectivity index (χ4n) is 4.28. The highest BCUT2D eigenvalue weighted by Crippen LogP contribution is 2.32. The van der Waals surface area contributed by atoms with E-state index in [1.54, 1.807) is 18.3 Å². The van der Waals surface area contributed by atoms with Crippen LogP contribution >= 0.6 is 0 Å². The lowest BCUT2D eigenvalue weighted by molar-refractivity contribution is 0.320. The van der Waals surface area contributed by atoms with Gasteiger partial charge in [0, 0.05) is 50.5 Å². The van der Waals surface area contributed by atoms with Crippen LogP contribution in [0.1, 0.15) is 19.2 Å². The summed E-state index contributed by atoms with van der Waals surface area (Å²) >= 11 is 0. The third-order valence-corrected chi connectivity index (χ3v) is 6.39. The topological polar surface area (TPSA) is 108 Å². The minimum Gasteiger partial charge on any atom is -0.507 e. The Balaban J connectivity index is 1.49. The number of likely N-dealkylation sites (N-methyl/N-ethyl adjacent to an activating group) is 1. The van der Waals surface area contributed by atoms with E-state index in [4.69, 9.17) is 10.7 Å². The summed E-state index contributed by atoms with van der Waals surface area (Å²) in [6.07, 6.45) is 6.49. The number of nitrogen functional groups attached to an aromatic ring is 1. The van der Waals surface area contributed by atoms with Crippen molar-refractivity contribution in [1.82, 2.24) is 25.1 Å². The van der Waals surface area contributed by atoms with E-state index in [0.29, 0.717) is 36.0 Å². The van der Waals surface area contributed by atoms with Gasteiger partial charge < -0.3 is 25.5 Å². The Morgan fingerprint density at radius 1 is 1.19 bits per heavy atom. The molecule has 3 aromatic rings. The molecule has 4 rings (SSSR count). The second-order valence-corrected chi connectivity index (χ2v) is 8.96. The molecule has 1 fully saturated rings. The van der Waals surface area contributed by atoms with Gasteiger partial charge >= 0.3 is 0 Å². The van der Waals surface area contributed by atoms with Crippen LogP contribution in [0, 0.1) is 0 Å². The Hall–Kier alpha value is -3.79. The van der Waals surface area contributed by atoms with Gasteiger partial charge in [-0.2, -0.15) is 0 Å². The number of benzene rings is 1. The maximum Gasteiger partial charge on any atom is 0.169 e. The van der Waals surface area contributed by atoms with Gasteiger partial charge in [-0.25, -0.2) is 14.4 Å². The van der Waals surface area contributed by atoms with Gasteiger partial charge in [-0.3, -0.25) is 0 Å². The van der Waals surface area contributed by atoms with Crippen LogP contribution < -0.4 is 15.5 Å². The van der Waals surface area contributed by atoms with Crippen LogP contribution in [0.3, 0.4) is 0 Å². The van der Waals surface area contributed by atoms with Crippen molar-refractivity contribution in [1.29, 1.82) is 0 Å². The van der Waals surface area contributed by atoms with Gasteiger partial charge in [0.05, 0.1) is 11.4 Å². The number of hydrogen-bond donors (Lipinski definition) is 2. The van der Waals surface area contributed by atoms with E-state index in [1.165, 1.54) is 0 Å². The molecule has 2 aromatic heterocycles. The van der Waals surface area contributed by atoms with Crippen molar-refractivity contribution in [3.63, 3.8) is 0 Å². The highest BCUT2D eigenvalue weighted by Gasteiger charge is 2.24. The molecule has 3 N–H and O–H groups in total. The third kappa shape index (κ3) is 6.06. The number of rotatable bonds is 8. The molecule has 1 atom stereocenters. The van der Waals surface area contributed by atoms with Crippen molar-refractivity contribution in [3.8, 4) is 17.0 Å². The van der Waals surface area contributed by atoms with E-state index in [-0.39, 0.29) is 18.5 Å². The van der Waals surface area contributed by atoms with Crippen LogP contribution in [-0.4, -0.2) is 82.7 Å². The SMILES string of the molecule is CC1CCN(c2cc(-c3ccccc3O)nnc2N)CCN1c1ccnc(/C=C/CN(C)CCF)n1. The molecular weight excluding hydrogens is 459 g/mol. The molecule has 0 bridgehead atoms. The van der Waals surface area contributed by atoms with Crippen LogP contribution in [-0.2, 0) is 0 Å². The second-order valence-electron chi connectivity index (χ2n) is 8.96. The summed E-state index contributed by atoms with van der Waals surface area (Å²) in [7, 11) is 1.88. The van der Waals surface area contributed by atoms with Gasteiger partial charge in [0.2, 0.25) is 0 Å². The summed E-state index contributed by atoms with van der Waals surface area (Å²) in [4.78, 5) is 15.5. The van der Waals surface area contributed by atoms with Crippen LogP contribution in [0.2, 0.25) is 0 Å². The van der Waals surface area contributed by atoms with E-state index >= 15 is 0 Å². The van der Waals surface area contributed by atoms with E-state index in [0.717, 1.165) is 37.6 Å². The highest BCUT2D eigenvalue weighted by atomic mass is 19.1. The predicted molar refractivity (Wildman–Crippen MR) is 142 cm³/mol. The minimum absolute atomic E-state index is 0.154. The molecule has 0 saturated carbocycles. The number of para-hydroxylation sites is 1. The number of aromatic nitrogens is 4. The number of phenols is 1. The maximum atomic E-state index is 12.5. The smallest absolute Gasteiger partial charge is 0.169 e. The van der Waals surface area contributed by atoms with Gasteiger partial charge in [0.25, 0.3) is 0 Å². The lowest BCUT2D eigenvalue weighted by Gasteiger charge is -2.28. The zero-order valence-corrected chi connectivity index (χ0v) is 20.8. The van der Waals surface area contributed by atoms with E-state index in [1.807, 2.05) is 48.4 Å². The Kier molecular flexibility index (Phi) is 8.27. The van der Waals surface area contributed by atoms with Crippen molar-refractivity contribution in [2.75, 3.05) is 62.0 Å². The highest BCUT2D eigenvalue weighted by molar-refractivity contribution is 5.74. The second kappa shape index (κ2) is 11.8. The van der Waals surface area contributed by atoms with Crippen LogP contribution in [0.4, 0.5) is 21.7 Å². The zero-order valence-electron chi connectivity index (χ0n) is 20.8. The van der Waals surface area contributed by atoms with Crippen molar-refractivity contribution >= 4 is 23.4 Å². The van der Waals surface area contributed by atoms with Crippen molar-refractivity contribution in [2.24, 2.45) is 0 Å². The minimum atomic E-state index is -0.364. The number of anilines is 3. The lowest BCUT2D eigenvalue weighted by Crippen LogP contribution is -2.35. The van der Waals surface area contributed by atoms with E-state index < -0.39 is 0 Å². The molecule has 0 aliphatic carbocycles. The number of halogens is 1. The fraction of sp³-hybridized carbons (Fsp3) is 0.385. The van der Waals surface area contributed by atoms with E-state index in [2.05, 4.69) is 31.9 Å². The molecule has 36 heavy (non-hydrogen) atoms. The quantitative estimate of drug-likeness (QED) is 0.490. The third-order valence-electron chi connectivity index (χ3n) is 6.39. The number of nitrogens with two attached hydrogens (primary N) is 1. The van der Waals surface area contributed by atoms with Gasteiger partial charge in [-0.05, 0) is 50.7 Å². The molecule has 3 heterocycles. The van der Waals surface area contributed by atoms with Crippen LogP contribution in [0.5, 0.6) is 5.75 Å². The van der Waals surface area contributed by atoms with Crippen LogP contribution in [0.25, 0.3) is 17.3 Å². The largest absolute Gasteiger partial charge is 0.507 e. The standard InChI is InChI=1S/C26H33FN8O/c1-19-10-14-34(22-18-21(31-32-26(22)28)20-6-3-4-7-23(20)36)16-17-35(19)25-9-12-29-24(30-25)8-5-13-33(2)15-11-27/h3-9,12,18-19,36H,10-11,13-17H2,1-2H3,(H2,28,32)/b8-5+. The zero-order chi connectivity index (χ0) is 25.5. The molecule has 0 spiro atoms. The average Bonchev–Trinajstić information content (AvgIpc) is 3.07. The van der Waals surface area contributed by atoms with E-state index in [9.17, 15) is 9.50 Å². The molecule has 1 aromatic carbocycles. The number of hydrogen-bond acceptors (Lipinski definition) is 9. The Labute approximate surface area is 211 Å². The van der Waals surface area contributed by atoms with Gasteiger partial charge in [0.15, 0.2) is 11.6 Å². The Morgan fingerprint density at radius 2 is 2.03 bits per heavy atom. The summed E-state index contributed by atoms with van der Waals surface area (Å²) in [5.41, 5.74) is 8.24. The number of aromatic hydroxyl groups is 1. The van der Waals surface area contributed by atoms with Gasteiger partial charge in [-0.1, -0.05) is 18.2 Å². The fourth-order valence-corrected chi connectivity index (χ4v) is 4.28. The summed E-state index contributed by atoms with van der Waals surface area (Å²) in [5.74, 6) is 2.01. The molecule has 0 amide bonds. The summed E-state index contributed by atoms with van der Waals surface area (Å²) in [6.45, 7) is 5.13. The van der Waals surface area contributed by atoms with Crippen LogP contribution in [0.15, 0.2) is 48.7 Å². The Morgan fingerprint density at radius 3 is 2.83 bits per heavy atom. The molecule has 1 saturated heterocycles. The lowest BCUT2D eigenvalue weighted by atomic mass is 10.1. The molecule has 9 nitrogen and oxygen atoms in total. The molecule has 10 heteroatoms. The molecule has 0 radical (unpaired) electrons. The molecule has 1 aliphatic heterocycles. The first-order valence-corrected chi connectivity index (χ1v) is 12.1. The van der Waals surface area contributed by atoms with Crippen molar-refractivity contribution in [3.05, 3.63) is 54.5 Å². The molecule has 1 unspecified atom stereocenters.